The number of aliphatic hydroxyl groups is 1. The van der Waals surface area contributed by atoms with Gasteiger partial charge in [-0.3, -0.25) is 9.48 Å². The van der Waals surface area contributed by atoms with Crippen LogP contribution in [0.3, 0.4) is 0 Å². The zero-order chi connectivity index (χ0) is 11.4. The van der Waals surface area contributed by atoms with Crippen molar-refractivity contribution in [1.82, 2.24) is 14.7 Å². The highest BCUT2D eigenvalue weighted by Crippen LogP contribution is 1.97. The monoisotopic (exact) mass is 212 g/mol. The Morgan fingerprint density at radius 1 is 1.80 bits per heavy atom. The molecule has 0 saturated heterocycles. The maximum atomic E-state index is 11.6. The lowest BCUT2D eigenvalue weighted by atomic mass is 10.3. The molecule has 84 valence electrons. The van der Waals surface area contributed by atoms with Gasteiger partial charge in [0.15, 0.2) is 0 Å². The number of nitrogens with two attached hydrogens (primary N) is 1. The minimum absolute atomic E-state index is 0.112. The van der Waals surface area contributed by atoms with Crippen LogP contribution in [0.2, 0.25) is 0 Å². The van der Waals surface area contributed by atoms with E-state index in [9.17, 15) is 4.79 Å². The molecule has 0 saturated carbocycles. The van der Waals surface area contributed by atoms with Gasteiger partial charge in [-0.05, 0) is 13.0 Å². The number of likely N-dealkylation sites (N-methyl/N-ethyl adjacent to an activating group) is 1. The van der Waals surface area contributed by atoms with Gasteiger partial charge in [-0.15, -0.1) is 0 Å². The van der Waals surface area contributed by atoms with E-state index < -0.39 is 6.10 Å². The van der Waals surface area contributed by atoms with Crippen LogP contribution in [0.15, 0.2) is 12.3 Å². The van der Waals surface area contributed by atoms with E-state index in [1.54, 1.807) is 26.2 Å². The largest absolute Gasteiger partial charge is 0.392 e. The number of nitrogen functional groups attached to an aromatic ring is 1. The lowest BCUT2D eigenvalue weighted by Crippen LogP contribution is -2.35. The Morgan fingerprint density at radius 3 is 2.93 bits per heavy atom. The van der Waals surface area contributed by atoms with Gasteiger partial charge in [0.05, 0.1) is 6.10 Å². The van der Waals surface area contributed by atoms with Crippen LogP contribution in [0.5, 0.6) is 0 Å². The highest BCUT2D eigenvalue weighted by molar-refractivity contribution is 5.75. The second kappa shape index (κ2) is 4.79. The number of carbonyl (C=O) groups is 1. The molecule has 0 aliphatic rings. The number of carbonyl (C=O) groups excluding carboxylic acids is 1. The molecule has 1 unspecified atom stereocenters. The molecule has 0 aliphatic heterocycles. The van der Waals surface area contributed by atoms with Crippen LogP contribution in [-0.2, 0) is 11.3 Å². The maximum absolute atomic E-state index is 11.6. The summed E-state index contributed by atoms with van der Waals surface area (Å²) in [5.41, 5.74) is 5.41. The quantitative estimate of drug-likeness (QED) is 0.691. The molecular formula is C9H16N4O2. The smallest absolute Gasteiger partial charge is 0.244 e. The van der Waals surface area contributed by atoms with E-state index in [0.29, 0.717) is 12.4 Å². The molecule has 0 aromatic carbocycles. The molecule has 1 heterocycles. The summed E-state index contributed by atoms with van der Waals surface area (Å²) < 4.78 is 1.47. The van der Waals surface area contributed by atoms with Crippen molar-refractivity contribution in [1.29, 1.82) is 0 Å². The summed E-state index contributed by atoms with van der Waals surface area (Å²) in [7, 11) is 1.64. The first-order valence-electron chi connectivity index (χ1n) is 4.70. The molecule has 0 aliphatic carbocycles. The number of nitrogens with zero attached hydrogens (tertiary/aromatic N) is 3. The van der Waals surface area contributed by atoms with Gasteiger partial charge >= 0.3 is 0 Å². The van der Waals surface area contributed by atoms with E-state index in [4.69, 9.17) is 10.8 Å². The zero-order valence-corrected chi connectivity index (χ0v) is 8.92. The standard InChI is InChI=1S/C9H16N4O2/c1-7(14)5-12(2)9(15)6-13-4-3-8(10)11-13/h3-4,7,14H,5-6H2,1-2H3,(H2,10,11). The summed E-state index contributed by atoms with van der Waals surface area (Å²) in [5, 5.41) is 13.0. The summed E-state index contributed by atoms with van der Waals surface area (Å²) in [4.78, 5) is 13.0. The van der Waals surface area contributed by atoms with Crippen LogP contribution in [0.1, 0.15) is 6.92 Å². The predicted octanol–water partition coefficient (Wildman–Crippen LogP) is -0.696. The highest BCUT2D eigenvalue weighted by Gasteiger charge is 2.11. The molecule has 0 fully saturated rings. The number of rotatable bonds is 4. The number of anilines is 1. The third-order valence-corrected chi connectivity index (χ3v) is 1.92. The summed E-state index contributed by atoms with van der Waals surface area (Å²) >= 11 is 0. The third kappa shape index (κ3) is 3.59. The van der Waals surface area contributed by atoms with Crippen molar-refractivity contribution < 1.29 is 9.90 Å². The van der Waals surface area contributed by atoms with Crippen molar-refractivity contribution in [2.75, 3.05) is 19.3 Å². The first-order chi connectivity index (χ1) is 6.99. The van der Waals surface area contributed by atoms with Crippen molar-refractivity contribution in [2.24, 2.45) is 0 Å². The fourth-order valence-electron chi connectivity index (χ4n) is 1.22. The highest BCUT2D eigenvalue weighted by atomic mass is 16.3. The van der Waals surface area contributed by atoms with Gasteiger partial charge in [0.1, 0.15) is 12.4 Å². The number of aromatic nitrogens is 2. The molecule has 0 bridgehead atoms. The number of hydrogen-bond donors (Lipinski definition) is 2. The minimum atomic E-state index is -0.526. The van der Waals surface area contributed by atoms with Crippen LogP contribution in [0.4, 0.5) is 5.82 Å². The molecule has 0 radical (unpaired) electrons. The molecule has 1 rings (SSSR count). The molecule has 1 amide bonds. The third-order valence-electron chi connectivity index (χ3n) is 1.92. The second-order valence-corrected chi connectivity index (χ2v) is 3.56. The molecule has 0 spiro atoms. The van der Waals surface area contributed by atoms with E-state index in [1.807, 2.05) is 0 Å². The Labute approximate surface area is 88.3 Å². The van der Waals surface area contributed by atoms with E-state index in [2.05, 4.69) is 5.10 Å². The Morgan fingerprint density at radius 2 is 2.47 bits per heavy atom. The average Bonchev–Trinajstić information content (AvgIpc) is 2.50. The molecule has 1 aromatic heterocycles. The molecule has 6 heteroatoms. The van der Waals surface area contributed by atoms with Crippen molar-refractivity contribution in [3.8, 4) is 0 Å². The van der Waals surface area contributed by atoms with Gasteiger partial charge < -0.3 is 15.7 Å². The van der Waals surface area contributed by atoms with E-state index >= 15 is 0 Å². The van der Waals surface area contributed by atoms with Crippen LogP contribution < -0.4 is 5.73 Å². The number of aliphatic hydroxyl groups excluding tert-OH is 1. The number of hydrogen-bond acceptors (Lipinski definition) is 4. The lowest BCUT2D eigenvalue weighted by Gasteiger charge is -2.18. The van der Waals surface area contributed by atoms with Gasteiger partial charge in [-0.2, -0.15) is 5.10 Å². The van der Waals surface area contributed by atoms with E-state index in [1.165, 1.54) is 9.58 Å². The fourth-order valence-corrected chi connectivity index (χ4v) is 1.22. The Hall–Kier alpha value is -1.56. The Balaban J connectivity index is 2.48. The fraction of sp³-hybridized carbons (Fsp3) is 0.556. The molecule has 6 nitrogen and oxygen atoms in total. The van der Waals surface area contributed by atoms with Gasteiger partial charge in [-0.25, -0.2) is 0 Å². The topological polar surface area (TPSA) is 84.4 Å². The van der Waals surface area contributed by atoms with E-state index in [0.717, 1.165) is 0 Å². The first kappa shape index (κ1) is 11.5. The first-order valence-corrected chi connectivity index (χ1v) is 4.70. The van der Waals surface area contributed by atoms with Gasteiger partial charge in [0.2, 0.25) is 5.91 Å². The van der Waals surface area contributed by atoms with Gasteiger partial charge in [-0.1, -0.05) is 0 Å². The second-order valence-electron chi connectivity index (χ2n) is 3.56. The summed E-state index contributed by atoms with van der Waals surface area (Å²) in [6.07, 6.45) is 1.12. The minimum Gasteiger partial charge on any atom is -0.392 e. The van der Waals surface area contributed by atoms with Crippen LogP contribution in [0.25, 0.3) is 0 Å². The molecular weight excluding hydrogens is 196 g/mol. The van der Waals surface area contributed by atoms with Crippen molar-refractivity contribution in [2.45, 2.75) is 19.6 Å². The van der Waals surface area contributed by atoms with Gasteiger partial charge in [0.25, 0.3) is 0 Å². The Kier molecular flexibility index (Phi) is 3.68. The lowest BCUT2D eigenvalue weighted by molar-refractivity contribution is -0.131. The van der Waals surface area contributed by atoms with Crippen molar-refractivity contribution in [3.63, 3.8) is 0 Å². The van der Waals surface area contributed by atoms with Gasteiger partial charge in [0, 0.05) is 19.8 Å². The van der Waals surface area contributed by atoms with Crippen LogP contribution >= 0.6 is 0 Å². The van der Waals surface area contributed by atoms with Crippen molar-refractivity contribution in [3.05, 3.63) is 12.3 Å². The van der Waals surface area contributed by atoms with Crippen LogP contribution in [-0.4, -0.2) is 45.4 Å². The summed E-state index contributed by atoms with van der Waals surface area (Å²) in [5.74, 6) is 0.278. The molecule has 1 atom stereocenters. The molecule has 15 heavy (non-hydrogen) atoms. The molecule has 3 N–H and O–H groups in total. The average molecular weight is 212 g/mol. The van der Waals surface area contributed by atoms with Crippen molar-refractivity contribution >= 4 is 11.7 Å². The maximum Gasteiger partial charge on any atom is 0.244 e. The zero-order valence-electron chi connectivity index (χ0n) is 8.92. The molecule has 1 aromatic rings. The predicted molar refractivity (Wildman–Crippen MR) is 56.0 cm³/mol. The number of amides is 1. The summed E-state index contributed by atoms with van der Waals surface area (Å²) in [6.45, 7) is 2.09. The normalized spacial score (nSPS) is 12.5. The van der Waals surface area contributed by atoms with Crippen LogP contribution in [0, 0.1) is 0 Å². The summed E-state index contributed by atoms with van der Waals surface area (Å²) in [6, 6.07) is 1.63. The SMILES string of the molecule is CC(O)CN(C)C(=O)Cn1ccc(N)n1. The Bertz CT molecular complexity index is 335. The van der Waals surface area contributed by atoms with E-state index in [-0.39, 0.29) is 12.5 Å².